The van der Waals surface area contributed by atoms with E-state index in [-0.39, 0.29) is 6.10 Å². The molecule has 0 aliphatic carbocycles. The average Bonchev–Trinajstić information content (AvgIpc) is 2.56. The molecule has 0 N–H and O–H groups in total. The minimum absolute atomic E-state index is 0.0282. The summed E-state index contributed by atoms with van der Waals surface area (Å²) in [7, 11) is 0. The molecule has 0 aliphatic heterocycles. The summed E-state index contributed by atoms with van der Waals surface area (Å²) in [4.78, 5) is 0. The Hall–Kier alpha value is -1.31. The molecule has 0 fully saturated rings. The largest absolute Gasteiger partial charge is 0.369 e. The first-order valence-electron chi connectivity index (χ1n) is 7.69. The quantitative estimate of drug-likeness (QED) is 0.433. The van der Waals surface area contributed by atoms with Crippen molar-refractivity contribution in [1.82, 2.24) is 0 Å². The van der Waals surface area contributed by atoms with Crippen LogP contribution >= 0.6 is 11.6 Å². The fourth-order valence-electron chi connectivity index (χ4n) is 2.39. The van der Waals surface area contributed by atoms with Gasteiger partial charge in [-0.15, -0.1) is 11.6 Å². The predicted octanol–water partition coefficient (Wildman–Crippen LogP) is 5.59. The summed E-state index contributed by atoms with van der Waals surface area (Å²) in [5.74, 6) is 0.761. The lowest BCUT2D eigenvalue weighted by Gasteiger charge is -2.19. The van der Waals surface area contributed by atoms with Gasteiger partial charge in [0.1, 0.15) is 6.10 Å². The van der Waals surface area contributed by atoms with Gasteiger partial charge in [-0.05, 0) is 24.0 Å². The minimum atomic E-state index is 0.0282. The number of benzene rings is 2. The van der Waals surface area contributed by atoms with Crippen molar-refractivity contribution < 1.29 is 4.74 Å². The highest BCUT2D eigenvalue weighted by Crippen LogP contribution is 2.26. The van der Waals surface area contributed by atoms with E-state index >= 15 is 0 Å². The van der Waals surface area contributed by atoms with E-state index in [1.807, 2.05) is 12.1 Å². The summed E-state index contributed by atoms with van der Waals surface area (Å²) >= 11 is 5.69. The first-order chi connectivity index (χ1) is 10.4. The molecule has 0 amide bonds. The molecule has 0 unspecified atom stereocenters. The van der Waals surface area contributed by atoms with Crippen LogP contribution in [0.25, 0.3) is 0 Å². The van der Waals surface area contributed by atoms with Gasteiger partial charge in [0.15, 0.2) is 0 Å². The molecule has 0 saturated heterocycles. The van der Waals surface area contributed by atoms with Gasteiger partial charge >= 0.3 is 0 Å². The zero-order valence-corrected chi connectivity index (χ0v) is 13.1. The molecular formula is C19H23ClO. The molecule has 1 nitrogen and oxygen atoms in total. The number of alkyl halides is 1. The Bertz CT molecular complexity index is 444. The second kappa shape index (κ2) is 9.59. The van der Waals surface area contributed by atoms with E-state index in [1.165, 1.54) is 24.0 Å². The van der Waals surface area contributed by atoms with Crippen molar-refractivity contribution in [1.29, 1.82) is 0 Å². The maximum absolute atomic E-state index is 6.16. The van der Waals surface area contributed by atoms with Crippen LogP contribution in [-0.2, 0) is 4.74 Å². The van der Waals surface area contributed by atoms with Crippen molar-refractivity contribution in [3.05, 3.63) is 71.8 Å². The van der Waals surface area contributed by atoms with Crippen LogP contribution in [0.2, 0.25) is 0 Å². The Balaban J connectivity index is 1.94. The zero-order valence-electron chi connectivity index (χ0n) is 12.4. The highest BCUT2D eigenvalue weighted by atomic mass is 35.5. The van der Waals surface area contributed by atoms with E-state index in [0.29, 0.717) is 0 Å². The van der Waals surface area contributed by atoms with Crippen LogP contribution in [0.15, 0.2) is 60.7 Å². The molecule has 112 valence electrons. The Morgan fingerprint density at radius 3 is 1.76 bits per heavy atom. The Kier molecular flexibility index (Phi) is 7.34. The molecule has 21 heavy (non-hydrogen) atoms. The fourth-order valence-corrected chi connectivity index (χ4v) is 2.58. The molecule has 0 saturated carbocycles. The second-order valence-electron chi connectivity index (χ2n) is 5.18. The Morgan fingerprint density at radius 1 is 0.714 bits per heavy atom. The third kappa shape index (κ3) is 5.53. The monoisotopic (exact) mass is 302 g/mol. The van der Waals surface area contributed by atoms with Crippen LogP contribution in [0.1, 0.15) is 42.9 Å². The highest BCUT2D eigenvalue weighted by Gasteiger charge is 2.13. The van der Waals surface area contributed by atoms with Gasteiger partial charge in [0.05, 0.1) is 0 Å². The lowest BCUT2D eigenvalue weighted by Crippen LogP contribution is -2.07. The number of unbranched alkanes of at least 4 members (excludes halogenated alkanes) is 3. The van der Waals surface area contributed by atoms with Gasteiger partial charge in [0.25, 0.3) is 0 Å². The van der Waals surface area contributed by atoms with Gasteiger partial charge in [0.2, 0.25) is 0 Å². The average molecular weight is 303 g/mol. The smallest absolute Gasteiger partial charge is 0.108 e. The van der Waals surface area contributed by atoms with Gasteiger partial charge < -0.3 is 4.74 Å². The maximum atomic E-state index is 6.16. The van der Waals surface area contributed by atoms with E-state index < -0.39 is 0 Å². The van der Waals surface area contributed by atoms with E-state index in [4.69, 9.17) is 16.3 Å². The normalized spacial score (nSPS) is 11.0. The molecule has 0 heterocycles. The summed E-state index contributed by atoms with van der Waals surface area (Å²) in [5, 5.41) is 0. The maximum Gasteiger partial charge on any atom is 0.108 e. The number of hydrogen-bond donors (Lipinski definition) is 0. The van der Waals surface area contributed by atoms with Crippen molar-refractivity contribution in [2.24, 2.45) is 0 Å². The standard InChI is InChI=1S/C19H23ClO/c20-15-9-1-2-10-16-21-19(17-11-5-3-6-12-17)18-13-7-4-8-14-18/h3-8,11-14,19H,1-2,9-10,15-16H2. The van der Waals surface area contributed by atoms with Crippen molar-refractivity contribution in [3.63, 3.8) is 0 Å². The van der Waals surface area contributed by atoms with E-state index in [9.17, 15) is 0 Å². The van der Waals surface area contributed by atoms with Gasteiger partial charge in [-0.2, -0.15) is 0 Å². The minimum Gasteiger partial charge on any atom is -0.369 e. The van der Waals surface area contributed by atoms with E-state index in [1.54, 1.807) is 0 Å². The lowest BCUT2D eigenvalue weighted by molar-refractivity contribution is 0.0769. The Morgan fingerprint density at radius 2 is 1.24 bits per heavy atom. The molecule has 0 bridgehead atoms. The topological polar surface area (TPSA) is 9.23 Å². The van der Waals surface area contributed by atoms with Crippen molar-refractivity contribution in [2.75, 3.05) is 12.5 Å². The van der Waals surface area contributed by atoms with Gasteiger partial charge in [-0.25, -0.2) is 0 Å². The molecule has 0 aromatic heterocycles. The van der Waals surface area contributed by atoms with Crippen molar-refractivity contribution >= 4 is 11.6 Å². The molecule has 2 aromatic rings. The molecule has 2 heteroatoms. The van der Waals surface area contributed by atoms with Crippen LogP contribution in [0.3, 0.4) is 0 Å². The molecule has 2 aromatic carbocycles. The molecule has 0 radical (unpaired) electrons. The summed E-state index contributed by atoms with van der Waals surface area (Å²) in [5.41, 5.74) is 2.42. The van der Waals surface area contributed by atoms with Crippen LogP contribution in [0.4, 0.5) is 0 Å². The summed E-state index contributed by atoms with van der Waals surface area (Å²) < 4.78 is 6.16. The SMILES string of the molecule is ClCCCCCCOC(c1ccccc1)c1ccccc1. The number of hydrogen-bond acceptors (Lipinski definition) is 1. The fraction of sp³-hybridized carbons (Fsp3) is 0.368. The lowest BCUT2D eigenvalue weighted by atomic mass is 10.0. The van der Waals surface area contributed by atoms with Crippen LogP contribution in [0, 0.1) is 0 Å². The van der Waals surface area contributed by atoms with Crippen molar-refractivity contribution in [3.8, 4) is 0 Å². The second-order valence-corrected chi connectivity index (χ2v) is 5.55. The van der Waals surface area contributed by atoms with Gasteiger partial charge in [-0.1, -0.05) is 73.5 Å². The summed E-state index contributed by atoms with van der Waals surface area (Å²) in [6.45, 7) is 0.788. The van der Waals surface area contributed by atoms with E-state index in [2.05, 4.69) is 48.5 Å². The van der Waals surface area contributed by atoms with Gasteiger partial charge in [0, 0.05) is 12.5 Å². The van der Waals surface area contributed by atoms with E-state index in [0.717, 1.165) is 25.3 Å². The number of rotatable bonds is 9. The van der Waals surface area contributed by atoms with Crippen molar-refractivity contribution in [2.45, 2.75) is 31.8 Å². The summed E-state index contributed by atoms with van der Waals surface area (Å²) in [6.07, 6.45) is 4.59. The van der Waals surface area contributed by atoms with Crippen LogP contribution in [0.5, 0.6) is 0 Å². The Labute approximate surface area is 132 Å². The highest BCUT2D eigenvalue weighted by molar-refractivity contribution is 6.17. The number of ether oxygens (including phenoxy) is 1. The molecular weight excluding hydrogens is 280 g/mol. The molecule has 0 aliphatic rings. The third-order valence-electron chi connectivity index (χ3n) is 3.52. The number of halogens is 1. The van der Waals surface area contributed by atoms with Crippen LogP contribution < -0.4 is 0 Å². The molecule has 2 rings (SSSR count). The van der Waals surface area contributed by atoms with Crippen LogP contribution in [-0.4, -0.2) is 12.5 Å². The predicted molar refractivity (Wildman–Crippen MR) is 89.9 cm³/mol. The zero-order chi connectivity index (χ0) is 14.8. The molecule has 0 spiro atoms. The molecule has 0 atom stereocenters. The first-order valence-corrected chi connectivity index (χ1v) is 8.22. The van der Waals surface area contributed by atoms with Gasteiger partial charge in [-0.3, -0.25) is 0 Å². The third-order valence-corrected chi connectivity index (χ3v) is 3.78. The first kappa shape index (κ1) is 16.1. The summed E-state index contributed by atoms with van der Waals surface area (Å²) in [6, 6.07) is 20.9.